The molecule has 1 heterocycles. The summed E-state index contributed by atoms with van der Waals surface area (Å²) in [4.78, 5) is 0. The van der Waals surface area contributed by atoms with Crippen LogP contribution in [-0.4, -0.2) is 15.8 Å². The highest BCUT2D eigenvalue weighted by Gasteiger charge is 2.02. The zero-order valence-corrected chi connectivity index (χ0v) is 9.40. The van der Waals surface area contributed by atoms with Crippen molar-refractivity contribution in [3.05, 3.63) is 18.0 Å². The first-order valence-corrected chi connectivity index (χ1v) is 5.35. The van der Waals surface area contributed by atoms with E-state index in [-0.39, 0.29) is 6.04 Å². The smallest absolute Gasteiger partial charge is 0.0521 e. The molecule has 1 aromatic rings. The SMILES string of the molecule is CC(C)Cn1cc(CCC(C)N)cn1. The van der Waals surface area contributed by atoms with Gasteiger partial charge in [0.15, 0.2) is 0 Å². The standard InChI is InChI=1S/C11H21N3/c1-9(2)7-14-8-11(6-13-14)5-4-10(3)12/h6,8-10H,4-5,7,12H2,1-3H3. The number of hydrogen-bond donors (Lipinski definition) is 1. The molecular formula is C11H21N3. The van der Waals surface area contributed by atoms with Crippen LogP contribution >= 0.6 is 0 Å². The number of nitrogens with zero attached hydrogens (tertiary/aromatic N) is 2. The molecule has 0 aromatic carbocycles. The van der Waals surface area contributed by atoms with Crippen LogP contribution in [0.3, 0.4) is 0 Å². The lowest BCUT2D eigenvalue weighted by Gasteiger charge is -2.04. The van der Waals surface area contributed by atoms with Crippen LogP contribution in [0.25, 0.3) is 0 Å². The van der Waals surface area contributed by atoms with Gasteiger partial charge in [0.05, 0.1) is 6.20 Å². The summed E-state index contributed by atoms with van der Waals surface area (Å²) in [6.45, 7) is 7.43. The Hall–Kier alpha value is -0.830. The molecule has 1 unspecified atom stereocenters. The minimum Gasteiger partial charge on any atom is -0.328 e. The van der Waals surface area contributed by atoms with Gasteiger partial charge in [-0.2, -0.15) is 5.10 Å². The molecule has 0 aliphatic heterocycles. The van der Waals surface area contributed by atoms with Gasteiger partial charge in [-0.1, -0.05) is 13.8 Å². The topological polar surface area (TPSA) is 43.8 Å². The summed E-state index contributed by atoms with van der Waals surface area (Å²) in [6.07, 6.45) is 6.15. The summed E-state index contributed by atoms with van der Waals surface area (Å²) in [7, 11) is 0. The minimum absolute atomic E-state index is 0.281. The highest BCUT2D eigenvalue weighted by molar-refractivity contribution is 5.04. The van der Waals surface area contributed by atoms with Crippen molar-refractivity contribution in [2.75, 3.05) is 0 Å². The summed E-state index contributed by atoms with van der Waals surface area (Å²) in [5.41, 5.74) is 6.99. The molecule has 0 aliphatic carbocycles. The average Bonchev–Trinajstić information content (AvgIpc) is 2.47. The van der Waals surface area contributed by atoms with E-state index in [9.17, 15) is 0 Å². The van der Waals surface area contributed by atoms with Crippen molar-refractivity contribution < 1.29 is 0 Å². The van der Waals surface area contributed by atoms with Crippen molar-refractivity contribution in [1.82, 2.24) is 9.78 Å². The summed E-state index contributed by atoms with van der Waals surface area (Å²) in [5.74, 6) is 0.649. The van der Waals surface area contributed by atoms with E-state index in [1.54, 1.807) is 0 Å². The van der Waals surface area contributed by atoms with Gasteiger partial charge in [0.2, 0.25) is 0 Å². The molecular weight excluding hydrogens is 174 g/mol. The monoisotopic (exact) mass is 195 g/mol. The normalized spacial score (nSPS) is 13.5. The molecule has 0 bridgehead atoms. The summed E-state index contributed by atoms with van der Waals surface area (Å²) >= 11 is 0. The highest BCUT2D eigenvalue weighted by atomic mass is 15.3. The van der Waals surface area contributed by atoms with Gasteiger partial charge in [-0.25, -0.2) is 0 Å². The van der Waals surface area contributed by atoms with Crippen molar-refractivity contribution in [2.45, 2.75) is 46.2 Å². The van der Waals surface area contributed by atoms with E-state index in [0.717, 1.165) is 19.4 Å². The van der Waals surface area contributed by atoms with Crippen LogP contribution < -0.4 is 5.73 Å². The van der Waals surface area contributed by atoms with Crippen LogP contribution in [0.2, 0.25) is 0 Å². The van der Waals surface area contributed by atoms with Crippen LogP contribution in [0.5, 0.6) is 0 Å². The van der Waals surface area contributed by atoms with E-state index in [0.29, 0.717) is 5.92 Å². The third-order valence-corrected chi connectivity index (χ3v) is 2.13. The van der Waals surface area contributed by atoms with Gasteiger partial charge in [-0.3, -0.25) is 4.68 Å². The Morgan fingerprint density at radius 2 is 2.14 bits per heavy atom. The Kier molecular flexibility index (Phi) is 4.14. The van der Waals surface area contributed by atoms with Crippen LogP contribution in [0, 0.1) is 5.92 Å². The van der Waals surface area contributed by atoms with Gasteiger partial charge in [0.1, 0.15) is 0 Å². The van der Waals surface area contributed by atoms with Crippen LogP contribution in [0.15, 0.2) is 12.4 Å². The molecule has 3 heteroatoms. The predicted octanol–water partition coefficient (Wildman–Crippen LogP) is 1.82. The summed E-state index contributed by atoms with van der Waals surface area (Å²) in [5, 5.41) is 4.31. The molecule has 1 rings (SSSR count). The Bertz CT molecular complexity index is 263. The van der Waals surface area contributed by atoms with E-state index >= 15 is 0 Å². The van der Waals surface area contributed by atoms with Crippen molar-refractivity contribution in [2.24, 2.45) is 11.7 Å². The second-order valence-corrected chi connectivity index (χ2v) is 4.48. The Morgan fingerprint density at radius 3 is 2.71 bits per heavy atom. The molecule has 0 saturated heterocycles. The van der Waals surface area contributed by atoms with E-state index in [2.05, 4.69) is 25.1 Å². The Morgan fingerprint density at radius 1 is 1.43 bits per heavy atom. The zero-order valence-electron chi connectivity index (χ0n) is 9.40. The van der Waals surface area contributed by atoms with Crippen molar-refractivity contribution in [3.8, 4) is 0 Å². The van der Waals surface area contributed by atoms with Crippen molar-refractivity contribution >= 4 is 0 Å². The molecule has 3 nitrogen and oxygen atoms in total. The summed E-state index contributed by atoms with van der Waals surface area (Å²) < 4.78 is 2.02. The van der Waals surface area contributed by atoms with Crippen LogP contribution in [-0.2, 0) is 13.0 Å². The quantitative estimate of drug-likeness (QED) is 0.779. The predicted molar refractivity (Wildman–Crippen MR) is 59.0 cm³/mol. The molecule has 1 atom stereocenters. The van der Waals surface area contributed by atoms with Gasteiger partial charge in [0.25, 0.3) is 0 Å². The lowest BCUT2D eigenvalue weighted by molar-refractivity contribution is 0.483. The fraction of sp³-hybridized carbons (Fsp3) is 0.727. The maximum absolute atomic E-state index is 5.70. The second kappa shape index (κ2) is 5.15. The molecule has 1 aromatic heterocycles. The minimum atomic E-state index is 0.281. The molecule has 14 heavy (non-hydrogen) atoms. The van der Waals surface area contributed by atoms with Gasteiger partial charge >= 0.3 is 0 Å². The third-order valence-electron chi connectivity index (χ3n) is 2.13. The van der Waals surface area contributed by atoms with Gasteiger partial charge in [0, 0.05) is 18.8 Å². The molecule has 0 spiro atoms. The number of aryl methyl sites for hydroxylation is 1. The van der Waals surface area contributed by atoms with Crippen LogP contribution in [0.4, 0.5) is 0 Å². The molecule has 0 aliphatic rings. The van der Waals surface area contributed by atoms with E-state index in [1.165, 1.54) is 5.56 Å². The third kappa shape index (κ3) is 3.92. The number of hydrogen-bond acceptors (Lipinski definition) is 2. The van der Waals surface area contributed by atoms with Crippen LogP contribution in [0.1, 0.15) is 32.8 Å². The van der Waals surface area contributed by atoms with E-state index < -0.39 is 0 Å². The van der Waals surface area contributed by atoms with Crippen molar-refractivity contribution in [1.29, 1.82) is 0 Å². The average molecular weight is 195 g/mol. The molecule has 0 radical (unpaired) electrons. The highest BCUT2D eigenvalue weighted by Crippen LogP contribution is 2.05. The first kappa shape index (κ1) is 11.2. The van der Waals surface area contributed by atoms with E-state index in [1.807, 2.05) is 17.8 Å². The number of aromatic nitrogens is 2. The Labute approximate surface area is 86.3 Å². The fourth-order valence-electron chi connectivity index (χ4n) is 1.40. The molecule has 0 amide bonds. The molecule has 80 valence electrons. The zero-order chi connectivity index (χ0) is 10.6. The van der Waals surface area contributed by atoms with E-state index in [4.69, 9.17) is 5.73 Å². The first-order chi connectivity index (χ1) is 6.58. The maximum Gasteiger partial charge on any atom is 0.0521 e. The first-order valence-electron chi connectivity index (χ1n) is 5.35. The summed E-state index contributed by atoms with van der Waals surface area (Å²) in [6, 6.07) is 0.281. The van der Waals surface area contributed by atoms with Gasteiger partial charge in [-0.15, -0.1) is 0 Å². The molecule has 0 fully saturated rings. The number of nitrogens with two attached hydrogens (primary N) is 1. The Balaban J connectivity index is 2.42. The lowest BCUT2D eigenvalue weighted by Crippen LogP contribution is -2.15. The lowest BCUT2D eigenvalue weighted by atomic mass is 10.1. The fourth-order valence-corrected chi connectivity index (χ4v) is 1.40. The molecule has 2 N–H and O–H groups in total. The largest absolute Gasteiger partial charge is 0.328 e. The molecule has 0 saturated carbocycles. The van der Waals surface area contributed by atoms with Crippen molar-refractivity contribution in [3.63, 3.8) is 0 Å². The second-order valence-electron chi connectivity index (χ2n) is 4.48. The van der Waals surface area contributed by atoms with Gasteiger partial charge < -0.3 is 5.73 Å². The number of rotatable bonds is 5. The van der Waals surface area contributed by atoms with Gasteiger partial charge in [-0.05, 0) is 31.2 Å². The maximum atomic E-state index is 5.70.